The summed E-state index contributed by atoms with van der Waals surface area (Å²) in [5, 5.41) is 6.75. The van der Waals surface area contributed by atoms with E-state index in [0.29, 0.717) is 24.9 Å². The molecular formula is C21H24N4O3. The molecule has 1 aliphatic heterocycles. The van der Waals surface area contributed by atoms with Crippen LogP contribution < -0.4 is 10.6 Å². The second kappa shape index (κ2) is 7.22. The van der Waals surface area contributed by atoms with Crippen LogP contribution in [0.25, 0.3) is 10.9 Å². The molecule has 4 rings (SSSR count). The summed E-state index contributed by atoms with van der Waals surface area (Å²) in [7, 11) is 0. The Labute approximate surface area is 163 Å². The van der Waals surface area contributed by atoms with E-state index in [2.05, 4.69) is 15.6 Å². The van der Waals surface area contributed by atoms with Crippen molar-refractivity contribution in [3.05, 3.63) is 36.0 Å². The predicted molar refractivity (Wildman–Crippen MR) is 106 cm³/mol. The van der Waals surface area contributed by atoms with E-state index >= 15 is 0 Å². The fourth-order valence-corrected chi connectivity index (χ4v) is 4.24. The van der Waals surface area contributed by atoms with Crippen LogP contribution in [0.1, 0.15) is 44.1 Å². The molecule has 1 spiro atoms. The van der Waals surface area contributed by atoms with Crippen LogP contribution in [0.15, 0.2) is 30.5 Å². The van der Waals surface area contributed by atoms with Gasteiger partial charge in [0.05, 0.1) is 11.2 Å². The van der Waals surface area contributed by atoms with Crippen molar-refractivity contribution in [2.24, 2.45) is 0 Å². The summed E-state index contributed by atoms with van der Waals surface area (Å²) in [5.41, 5.74) is 1.78. The molecule has 0 atom stereocenters. The first-order valence-electron chi connectivity index (χ1n) is 9.78. The van der Waals surface area contributed by atoms with Crippen molar-refractivity contribution in [1.29, 1.82) is 0 Å². The number of benzene rings is 1. The number of urea groups is 1. The Kier molecular flexibility index (Phi) is 4.75. The summed E-state index contributed by atoms with van der Waals surface area (Å²) in [6.45, 7) is 2.23. The maximum absolute atomic E-state index is 12.6. The molecule has 2 N–H and O–H groups in total. The largest absolute Gasteiger partial charge is 0.325 e. The molecule has 2 heterocycles. The van der Waals surface area contributed by atoms with Gasteiger partial charge in [-0.2, -0.15) is 0 Å². The summed E-state index contributed by atoms with van der Waals surface area (Å²) < 4.78 is 0. The lowest BCUT2D eigenvalue weighted by atomic mass is 9.98. The molecule has 2 aliphatic rings. The number of nitrogens with zero attached hydrogens (tertiary/aromatic N) is 2. The van der Waals surface area contributed by atoms with Crippen LogP contribution in [0.2, 0.25) is 0 Å². The Bertz CT molecular complexity index is 950. The van der Waals surface area contributed by atoms with Gasteiger partial charge in [0.2, 0.25) is 5.91 Å². The fourth-order valence-electron chi connectivity index (χ4n) is 4.24. The number of carbonyl (C=O) groups is 3. The Hall–Kier alpha value is -2.96. The topological polar surface area (TPSA) is 91.4 Å². The molecule has 0 unspecified atom stereocenters. The molecule has 4 amide bonds. The van der Waals surface area contributed by atoms with Gasteiger partial charge in [0.25, 0.3) is 5.91 Å². The second-order valence-corrected chi connectivity index (χ2v) is 7.72. The number of pyridine rings is 1. The molecule has 1 saturated carbocycles. The molecule has 1 saturated heterocycles. The van der Waals surface area contributed by atoms with Gasteiger partial charge < -0.3 is 10.6 Å². The van der Waals surface area contributed by atoms with Gasteiger partial charge in [-0.05, 0) is 49.9 Å². The standard InChI is InChI=1S/C21H24N4O3/c1-14-12-15-6-4-10-22-18(15)16(13-14)23-17(26)7-5-11-25-19(27)21(24-20(25)28)8-2-3-9-21/h4,6,10,12-13H,2-3,5,7-9,11H2,1H3,(H,23,26)(H,24,28). The number of carbonyl (C=O) groups excluding carboxylic acids is 3. The van der Waals surface area contributed by atoms with Gasteiger partial charge in [0, 0.05) is 24.5 Å². The minimum Gasteiger partial charge on any atom is -0.324 e. The summed E-state index contributed by atoms with van der Waals surface area (Å²) in [6, 6.07) is 7.41. The van der Waals surface area contributed by atoms with Gasteiger partial charge in [-0.15, -0.1) is 0 Å². The van der Waals surface area contributed by atoms with Crippen molar-refractivity contribution >= 4 is 34.4 Å². The number of amides is 4. The first-order valence-corrected chi connectivity index (χ1v) is 9.78. The Morgan fingerprint density at radius 3 is 2.86 bits per heavy atom. The van der Waals surface area contributed by atoms with E-state index in [1.807, 2.05) is 31.2 Å². The van der Waals surface area contributed by atoms with Crippen LogP contribution in [-0.4, -0.2) is 39.8 Å². The highest BCUT2D eigenvalue weighted by Gasteiger charge is 2.51. The summed E-state index contributed by atoms with van der Waals surface area (Å²) in [4.78, 5) is 42.8. The van der Waals surface area contributed by atoms with Gasteiger partial charge in [-0.3, -0.25) is 19.5 Å². The van der Waals surface area contributed by atoms with Crippen molar-refractivity contribution in [3.8, 4) is 0 Å². The number of imide groups is 1. The summed E-state index contributed by atoms with van der Waals surface area (Å²) >= 11 is 0. The van der Waals surface area contributed by atoms with E-state index in [0.717, 1.165) is 29.3 Å². The minimum absolute atomic E-state index is 0.135. The Morgan fingerprint density at radius 1 is 1.29 bits per heavy atom. The van der Waals surface area contributed by atoms with Crippen LogP contribution in [-0.2, 0) is 9.59 Å². The third-order valence-corrected chi connectivity index (χ3v) is 5.61. The first kappa shape index (κ1) is 18.4. The fraction of sp³-hybridized carbons (Fsp3) is 0.429. The molecule has 7 heteroatoms. The van der Waals surface area contributed by atoms with Crippen molar-refractivity contribution in [2.45, 2.75) is 51.0 Å². The van der Waals surface area contributed by atoms with Gasteiger partial charge in [-0.25, -0.2) is 4.79 Å². The second-order valence-electron chi connectivity index (χ2n) is 7.72. The van der Waals surface area contributed by atoms with Gasteiger partial charge in [0.1, 0.15) is 5.54 Å². The number of anilines is 1. The minimum atomic E-state index is -0.689. The Balaban J connectivity index is 1.36. The van der Waals surface area contributed by atoms with Gasteiger partial charge >= 0.3 is 6.03 Å². The van der Waals surface area contributed by atoms with Crippen molar-refractivity contribution in [3.63, 3.8) is 0 Å². The molecule has 0 radical (unpaired) electrons. The van der Waals surface area contributed by atoms with Crippen molar-refractivity contribution < 1.29 is 14.4 Å². The van der Waals surface area contributed by atoms with Crippen LogP contribution >= 0.6 is 0 Å². The zero-order valence-corrected chi connectivity index (χ0v) is 16.0. The monoisotopic (exact) mass is 380 g/mol. The number of rotatable bonds is 5. The average molecular weight is 380 g/mol. The highest BCUT2D eigenvalue weighted by atomic mass is 16.2. The van der Waals surface area contributed by atoms with Crippen LogP contribution in [0.4, 0.5) is 10.5 Å². The molecule has 1 aromatic carbocycles. The lowest BCUT2D eigenvalue weighted by molar-refractivity contribution is -0.131. The predicted octanol–water partition coefficient (Wildman–Crippen LogP) is 3.13. The lowest BCUT2D eigenvalue weighted by Crippen LogP contribution is -2.44. The molecule has 28 heavy (non-hydrogen) atoms. The summed E-state index contributed by atoms with van der Waals surface area (Å²) in [6.07, 6.45) is 5.69. The lowest BCUT2D eigenvalue weighted by Gasteiger charge is -2.19. The smallest absolute Gasteiger partial charge is 0.324 e. The van der Waals surface area contributed by atoms with Gasteiger partial charge in [-0.1, -0.05) is 18.9 Å². The summed E-state index contributed by atoms with van der Waals surface area (Å²) in [5.74, 6) is -0.288. The van der Waals surface area contributed by atoms with E-state index in [1.54, 1.807) is 6.20 Å². The third kappa shape index (κ3) is 3.32. The molecule has 0 bridgehead atoms. The van der Waals surface area contributed by atoms with Gasteiger partial charge in [0.15, 0.2) is 0 Å². The molecule has 2 aromatic rings. The van der Waals surface area contributed by atoms with Crippen LogP contribution in [0.3, 0.4) is 0 Å². The molecule has 2 fully saturated rings. The number of hydrogen-bond donors (Lipinski definition) is 2. The highest BCUT2D eigenvalue weighted by Crippen LogP contribution is 2.35. The number of aryl methyl sites for hydroxylation is 1. The average Bonchev–Trinajstić information content (AvgIpc) is 3.22. The van der Waals surface area contributed by atoms with E-state index < -0.39 is 5.54 Å². The highest BCUT2D eigenvalue weighted by molar-refractivity contribution is 6.07. The number of aromatic nitrogens is 1. The van der Waals surface area contributed by atoms with E-state index in [9.17, 15) is 14.4 Å². The maximum atomic E-state index is 12.6. The molecule has 146 valence electrons. The first-order chi connectivity index (χ1) is 13.5. The molecule has 1 aliphatic carbocycles. The SMILES string of the molecule is Cc1cc(NC(=O)CCCN2C(=O)NC3(CCCC3)C2=O)c2ncccc2c1. The zero-order valence-electron chi connectivity index (χ0n) is 16.0. The normalized spacial score (nSPS) is 18.1. The number of fused-ring (bicyclic) bond motifs is 1. The van der Waals surface area contributed by atoms with E-state index in [1.165, 1.54) is 4.90 Å². The molecule has 7 nitrogen and oxygen atoms in total. The molecule has 1 aromatic heterocycles. The van der Waals surface area contributed by atoms with Crippen molar-refractivity contribution in [1.82, 2.24) is 15.2 Å². The number of hydrogen-bond acceptors (Lipinski definition) is 4. The van der Waals surface area contributed by atoms with Crippen molar-refractivity contribution in [2.75, 3.05) is 11.9 Å². The maximum Gasteiger partial charge on any atom is 0.325 e. The third-order valence-electron chi connectivity index (χ3n) is 5.61. The molecular weight excluding hydrogens is 356 g/mol. The van der Waals surface area contributed by atoms with Crippen LogP contribution in [0.5, 0.6) is 0 Å². The Morgan fingerprint density at radius 2 is 2.07 bits per heavy atom. The van der Waals surface area contributed by atoms with E-state index in [4.69, 9.17) is 0 Å². The zero-order chi connectivity index (χ0) is 19.7. The quantitative estimate of drug-likeness (QED) is 0.780. The number of nitrogens with one attached hydrogen (secondary N) is 2. The van der Waals surface area contributed by atoms with E-state index in [-0.39, 0.29) is 30.8 Å². The van der Waals surface area contributed by atoms with Crippen LogP contribution in [0, 0.1) is 6.92 Å².